The van der Waals surface area contributed by atoms with Crippen LogP contribution in [0.25, 0.3) is 0 Å². The number of pyridine rings is 1. The lowest BCUT2D eigenvalue weighted by atomic mass is 10.0. The van der Waals surface area contributed by atoms with Crippen molar-refractivity contribution in [3.63, 3.8) is 0 Å². The summed E-state index contributed by atoms with van der Waals surface area (Å²) in [5.41, 5.74) is 6.45. The molecule has 2 N–H and O–H groups in total. The van der Waals surface area contributed by atoms with Crippen molar-refractivity contribution >= 4 is 21.7 Å². The third-order valence-electron chi connectivity index (χ3n) is 2.48. The second-order valence-corrected chi connectivity index (χ2v) is 4.52. The quantitative estimate of drug-likeness (QED) is 0.887. The minimum Gasteiger partial charge on any atom is -0.325 e. The van der Waals surface area contributed by atoms with E-state index in [0.29, 0.717) is 11.3 Å². The third-order valence-corrected chi connectivity index (χ3v) is 3.10. The van der Waals surface area contributed by atoms with Crippen LogP contribution < -0.4 is 5.73 Å². The molecule has 0 saturated heterocycles. The number of hydrogen-bond acceptors (Lipinski definition) is 3. The zero-order valence-corrected chi connectivity index (χ0v) is 10.9. The maximum atomic E-state index is 13.8. The number of carbonyl (C=O) groups is 1. The van der Waals surface area contributed by atoms with E-state index >= 15 is 0 Å². The number of nitrogens with two attached hydrogens (primary N) is 1. The van der Waals surface area contributed by atoms with Crippen molar-refractivity contribution in [2.24, 2.45) is 5.73 Å². The fraction of sp³-hybridized carbons (Fsp3) is 0.0769. The first-order valence-electron chi connectivity index (χ1n) is 5.27. The molecule has 92 valence electrons. The van der Waals surface area contributed by atoms with Gasteiger partial charge in [0.15, 0.2) is 5.78 Å². The van der Waals surface area contributed by atoms with Crippen LogP contribution in [0.3, 0.4) is 0 Å². The highest BCUT2D eigenvalue weighted by Crippen LogP contribution is 2.21. The van der Waals surface area contributed by atoms with Crippen molar-refractivity contribution in [3.8, 4) is 0 Å². The predicted octanol–water partition coefficient (Wildman–Crippen LogP) is 2.67. The molecule has 0 radical (unpaired) electrons. The molecule has 0 aliphatic rings. The molecule has 0 saturated carbocycles. The van der Waals surface area contributed by atoms with Crippen LogP contribution in [-0.2, 0) is 6.54 Å². The van der Waals surface area contributed by atoms with Crippen molar-refractivity contribution < 1.29 is 9.18 Å². The van der Waals surface area contributed by atoms with Crippen molar-refractivity contribution in [1.82, 2.24) is 4.98 Å². The molecule has 1 aromatic carbocycles. The molecule has 0 unspecified atom stereocenters. The van der Waals surface area contributed by atoms with E-state index in [-0.39, 0.29) is 22.4 Å². The van der Waals surface area contributed by atoms with E-state index in [4.69, 9.17) is 5.73 Å². The summed E-state index contributed by atoms with van der Waals surface area (Å²) in [4.78, 5) is 16.2. The van der Waals surface area contributed by atoms with Crippen molar-refractivity contribution in [1.29, 1.82) is 0 Å². The molecule has 3 nitrogen and oxygen atoms in total. The minimum absolute atomic E-state index is 0.0264. The van der Waals surface area contributed by atoms with Gasteiger partial charge in [-0.1, -0.05) is 6.07 Å². The fourth-order valence-corrected chi connectivity index (χ4v) is 1.93. The Hall–Kier alpha value is -1.59. The molecule has 18 heavy (non-hydrogen) atoms. The van der Waals surface area contributed by atoms with Gasteiger partial charge in [-0.25, -0.2) is 4.39 Å². The van der Waals surface area contributed by atoms with Gasteiger partial charge in [0, 0.05) is 18.3 Å². The number of aromatic nitrogens is 1. The molecule has 0 fully saturated rings. The van der Waals surface area contributed by atoms with Crippen LogP contribution in [0.2, 0.25) is 0 Å². The smallest absolute Gasteiger partial charge is 0.196 e. The van der Waals surface area contributed by atoms with Gasteiger partial charge in [0.2, 0.25) is 0 Å². The standard InChI is InChI=1S/C13H10BrFN2O/c14-11-3-1-2-10(12(11)15)13(18)8-4-5-17-9(6-8)7-16/h1-6H,7,16H2. The van der Waals surface area contributed by atoms with E-state index in [1.807, 2.05) is 0 Å². The number of rotatable bonds is 3. The van der Waals surface area contributed by atoms with Gasteiger partial charge in [-0.3, -0.25) is 9.78 Å². The second-order valence-electron chi connectivity index (χ2n) is 3.67. The maximum absolute atomic E-state index is 13.8. The largest absolute Gasteiger partial charge is 0.325 e. The minimum atomic E-state index is -0.561. The Kier molecular flexibility index (Phi) is 3.84. The van der Waals surface area contributed by atoms with Gasteiger partial charge in [0.1, 0.15) is 5.82 Å². The topological polar surface area (TPSA) is 56.0 Å². The van der Waals surface area contributed by atoms with E-state index in [9.17, 15) is 9.18 Å². The lowest BCUT2D eigenvalue weighted by Crippen LogP contribution is -2.07. The summed E-state index contributed by atoms with van der Waals surface area (Å²) in [5.74, 6) is -0.945. The average molecular weight is 309 g/mol. The number of nitrogens with zero attached hydrogens (tertiary/aromatic N) is 1. The zero-order valence-electron chi connectivity index (χ0n) is 9.36. The number of benzene rings is 1. The lowest BCUT2D eigenvalue weighted by Gasteiger charge is -2.05. The first-order chi connectivity index (χ1) is 8.63. The number of ketones is 1. The molecule has 1 aromatic heterocycles. The average Bonchev–Trinajstić information content (AvgIpc) is 2.41. The van der Waals surface area contributed by atoms with Crippen LogP contribution in [0.15, 0.2) is 41.0 Å². The Labute approximate surface area is 112 Å². The summed E-state index contributed by atoms with van der Waals surface area (Å²) >= 11 is 3.06. The highest BCUT2D eigenvalue weighted by atomic mass is 79.9. The van der Waals surface area contributed by atoms with Crippen LogP contribution in [0.5, 0.6) is 0 Å². The second kappa shape index (κ2) is 5.37. The molecule has 0 amide bonds. The van der Waals surface area contributed by atoms with Gasteiger partial charge in [0.05, 0.1) is 15.7 Å². The van der Waals surface area contributed by atoms with Crippen LogP contribution in [0.1, 0.15) is 21.6 Å². The first kappa shape index (κ1) is 12.9. The van der Waals surface area contributed by atoms with Crippen LogP contribution >= 0.6 is 15.9 Å². The summed E-state index contributed by atoms with van der Waals surface area (Å²) in [6.45, 7) is 0.238. The van der Waals surface area contributed by atoms with Crippen LogP contribution in [-0.4, -0.2) is 10.8 Å². The summed E-state index contributed by atoms with van der Waals surface area (Å²) in [6, 6.07) is 7.73. The molecule has 0 aliphatic heterocycles. The lowest BCUT2D eigenvalue weighted by molar-refractivity contribution is 0.103. The molecule has 0 spiro atoms. The van der Waals surface area contributed by atoms with E-state index in [2.05, 4.69) is 20.9 Å². The number of carbonyl (C=O) groups excluding carboxylic acids is 1. The van der Waals surface area contributed by atoms with E-state index < -0.39 is 5.82 Å². The highest BCUT2D eigenvalue weighted by Gasteiger charge is 2.16. The van der Waals surface area contributed by atoms with Gasteiger partial charge >= 0.3 is 0 Å². The molecule has 2 aromatic rings. The van der Waals surface area contributed by atoms with Gasteiger partial charge in [0.25, 0.3) is 0 Å². The summed E-state index contributed by atoms with van der Waals surface area (Å²) in [6.07, 6.45) is 1.49. The third kappa shape index (κ3) is 2.47. The van der Waals surface area contributed by atoms with Gasteiger partial charge < -0.3 is 5.73 Å². The number of halogens is 2. The van der Waals surface area contributed by atoms with E-state index in [1.54, 1.807) is 24.3 Å². The summed E-state index contributed by atoms with van der Waals surface area (Å²) in [5, 5.41) is 0. The number of hydrogen-bond donors (Lipinski definition) is 1. The first-order valence-corrected chi connectivity index (χ1v) is 6.06. The van der Waals surface area contributed by atoms with E-state index in [1.165, 1.54) is 12.3 Å². The molecular formula is C13H10BrFN2O. The van der Waals surface area contributed by atoms with Crippen LogP contribution in [0, 0.1) is 5.82 Å². The van der Waals surface area contributed by atoms with Gasteiger partial charge in [-0.2, -0.15) is 0 Å². The Morgan fingerprint density at radius 1 is 1.39 bits per heavy atom. The Bertz CT molecular complexity index is 601. The maximum Gasteiger partial charge on any atom is 0.196 e. The zero-order chi connectivity index (χ0) is 13.1. The molecule has 0 atom stereocenters. The van der Waals surface area contributed by atoms with Crippen LogP contribution in [0.4, 0.5) is 4.39 Å². The Morgan fingerprint density at radius 3 is 2.89 bits per heavy atom. The molecule has 0 bridgehead atoms. The molecule has 1 heterocycles. The normalized spacial score (nSPS) is 10.4. The highest BCUT2D eigenvalue weighted by molar-refractivity contribution is 9.10. The SMILES string of the molecule is NCc1cc(C(=O)c2cccc(Br)c2F)ccn1. The van der Waals surface area contributed by atoms with Gasteiger partial charge in [-0.05, 0) is 40.2 Å². The van der Waals surface area contributed by atoms with Crippen molar-refractivity contribution in [3.05, 3.63) is 63.6 Å². The molecular weight excluding hydrogens is 299 g/mol. The van der Waals surface area contributed by atoms with Crippen molar-refractivity contribution in [2.75, 3.05) is 0 Å². The van der Waals surface area contributed by atoms with E-state index in [0.717, 1.165) is 0 Å². The Morgan fingerprint density at radius 2 is 2.17 bits per heavy atom. The Balaban J connectivity index is 2.44. The molecule has 5 heteroatoms. The summed E-state index contributed by atoms with van der Waals surface area (Å²) < 4.78 is 14.1. The monoisotopic (exact) mass is 308 g/mol. The molecule has 0 aliphatic carbocycles. The fourth-order valence-electron chi connectivity index (χ4n) is 1.57. The summed E-state index contributed by atoms with van der Waals surface area (Å²) in [7, 11) is 0. The van der Waals surface area contributed by atoms with Crippen molar-refractivity contribution in [2.45, 2.75) is 6.54 Å². The molecule has 2 rings (SSSR count). The van der Waals surface area contributed by atoms with Gasteiger partial charge in [-0.15, -0.1) is 0 Å². The predicted molar refractivity (Wildman–Crippen MR) is 69.7 cm³/mol.